The molecule has 2 rings (SSSR count). The van der Waals surface area contributed by atoms with Crippen molar-refractivity contribution in [1.82, 2.24) is 20.1 Å². The average Bonchev–Trinajstić information content (AvgIpc) is 2.69. The van der Waals surface area contributed by atoms with E-state index in [1.807, 2.05) is 23.9 Å². The summed E-state index contributed by atoms with van der Waals surface area (Å²) in [5.74, 6) is 0.913. The van der Waals surface area contributed by atoms with Crippen LogP contribution in [0.1, 0.15) is 36.8 Å². The molecule has 1 unspecified atom stereocenters. The number of aryl methyl sites for hydroxylation is 2. The number of pyridine rings is 1. The van der Waals surface area contributed by atoms with E-state index in [-0.39, 0.29) is 6.04 Å². The summed E-state index contributed by atoms with van der Waals surface area (Å²) in [5, 5.41) is 7.93. The fourth-order valence-corrected chi connectivity index (χ4v) is 2.18. The fraction of sp³-hybridized carbons (Fsp3) is 0.429. The number of hydrogen-bond donors (Lipinski definition) is 1. The predicted octanol–water partition coefficient (Wildman–Crippen LogP) is 2.55. The lowest BCUT2D eigenvalue weighted by molar-refractivity contribution is 0.589. The largest absolute Gasteiger partial charge is 0.310 e. The van der Waals surface area contributed by atoms with E-state index in [9.17, 15) is 0 Å². The summed E-state index contributed by atoms with van der Waals surface area (Å²) >= 11 is 0. The van der Waals surface area contributed by atoms with Crippen molar-refractivity contribution in [3.05, 3.63) is 41.3 Å². The highest BCUT2D eigenvalue weighted by Gasteiger charge is 2.14. The smallest absolute Gasteiger partial charge is 0.158 e. The van der Waals surface area contributed by atoms with Gasteiger partial charge in [0.25, 0.3) is 0 Å². The normalized spacial score (nSPS) is 12.7. The second-order valence-corrected chi connectivity index (χ2v) is 4.53. The maximum atomic E-state index is 4.51. The molecule has 96 valence electrons. The summed E-state index contributed by atoms with van der Waals surface area (Å²) in [4.78, 5) is 4.49. The van der Waals surface area contributed by atoms with Gasteiger partial charge in [0.2, 0.25) is 0 Å². The third-order valence-electron chi connectivity index (χ3n) is 3.00. The van der Waals surface area contributed by atoms with E-state index in [1.165, 1.54) is 5.56 Å². The van der Waals surface area contributed by atoms with Gasteiger partial charge in [-0.05, 0) is 39.4 Å². The summed E-state index contributed by atoms with van der Waals surface area (Å²) in [5.41, 5.74) is 3.29. The summed E-state index contributed by atoms with van der Waals surface area (Å²) < 4.78 is 1.92. The van der Waals surface area contributed by atoms with Gasteiger partial charge in [0, 0.05) is 23.5 Å². The highest BCUT2D eigenvalue weighted by molar-refractivity contribution is 5.37. The van der Waals surface area contributed by atoms with Crippen LogP contribution >= 0.6 is 0 Å². The number of aromatic nitrogens is 3. The van der Waals surface area contributed by atoms with Crippen molar-refractivity contribution in [2.45, 2.75) is 33.7 Å². The lowest BCUT2D eigenvalue weighted by atomic mass is 10.1. The van der Waals surface area contributed by atoms with Gasteiger partial charge in [-0.25, -0.2) is 9.67 Å². The van der Waals surface area contributed by atoms with E-state index in [1.54, 1.807) is 0 Å². The Labute approximate surface area is 108 Å². The lowest BCUT2D eigenvalue weighted by Crippen LogP contribution is -2.20. The van der Waals surface area contributed by atoms with Crippen molar-refractivity contribution in [3.63, 3.8) is 0 Å². The van der Waals surface area contributed by atoms with E-state index < -0.39 is 0 Å². The third kappa shape index (κ3) is 2.43. The SMILES string of the molecule is CCNC(C)c1cccnc1-n1nc(C)cc1C. The molecular formula is C14H20N4. The van der Waals surface area contributed by atoms with Gasteiger partial charge in [-0.3, -0.25) is 0 Å². The Morgan fingerprint density at radius 3 is 2.78 bits per heavy atom. The molecule has 2 heterocycles. The molecule has 0 saturated heterocycles. The molecule has 4 heteroatoms. The molecule has 4 nitrogen and oxygen atoms in total. The van der Waals surface area contributed by atoms with Crippen LogP contribution in [0.3, 0.4) is 0 Å². The monoisotopic (exact) mass is 244 g/mol. The Hall–Kier alpha value is -1.68. The zero-order valence-corrected chi connectivity index (χ0v) is 11.4. The quantitative estimate of drug-likeness (QED) is 0.898. The molecule has 1 N–H and O–H groups in total. The van der Waals surface area contributed by atoms with Crippen molar-refractivity contribution in [2.24, 2.45) is 0 Å². The van der Waals surface area contributed by atoms with Crippen molar-refractivity contribution in [1.29, 1.82) is 0 Å². The second kappa shape index (κ2) is 5.31. The molecule has 0 aliphatic heterocycles. The summed E-state index contributed by atoms with van der Waals surface area (Å²) in [7, 11) is 0. The van der Waals surface area contributed by atoms with Crippen molar-refractivity contribution >= 4 is 0 Å². The molecule has 0 fully saturated rings. The van der Waals surface area contributed by atoms with Gasteiger partial charge >= 0.3 is 0 Å². The van der Waals surface area contributed by atoms with Crippen LogP contribution in [0.15, 0.2) is 24.4 Å². The first-order valence-corrected chi connectivity index (χ1v) is 6.35. The molecule has 2 aromatic rings. The Morgan fingerprint density at radius 2 is 2.17 bits per heavy atom. The Bertz CT molecular complexity index is 530. The molecule has 1 atom stereocenters. The maximum absolute atomic E-state index is 4.51. The molecule has 0 amide bonds. The van der Waals surface area contributed by atoms with Crippen molar-refractivity contribution < 1.29 is 0 Å². The van der Waals surface area contributed by atoms with Gasteiger partial charge in [0.05, 0.1) is 5.69 Å². The minimum atomic E-state index is 0.266. The van der Waals surface area contributed by atoms with Crippen LogP contribution in [0.25, 0.3) is 5.82 Å². The molecule has 0 spiro atoms. The molecule has 2 aromatic heterocycles. The molecule has 0 bridgehead atoms. The van der Waals surface area contributed by atoms with Gasteiger partial charge in [-0.15, -0.1) is 0 Å². The van der Waals surface area contributed by atoms with Crippen LogP contribution < -0.4 is 5.32 Å². The summed E-state index contributed by atoms with van der Waals surface area (Å²) in [6, 6.07) is 6.41. The van der Waals surface area contributed by atoms with E-state index >= 15 is 0 Å². The first-order chi connectivity index (χ1) is 8.63. The lowest BCUT2D eigenvalue weighted by Gasteiger charge is -2.16. The third-order valence-corrected chi connectivity index (χ3v) is 3.00. The van der Waals surface area contributed by atoms with Gasteiger partial charge in [-0.2, -0.15) is 5.10 Å². The molecular weight excluding hydrogens is 224 g/mol. The Balaban J connectivity index is 2.48. The second-order valence-electron chi connectivity index (χ2n) is 4.53. The molecule has 0 aliphatic carbocycles. The fourth-order valence-electron chi connectivity index (χ4n) is 2.18. The standard InChI is InChI=1S/C14H20N4/c1-5-15-12(4)13-7-6-8-16-14(13)18-11(3)9-10(2)17-18/h6-9,12,15H,5H2,1-4H3. The Morgan fingerprint density at radius 1 is 1.39 bits per heavy atom. The molecule has 0 radical (unpaired) electrons. The van der Waals surface area contributed by atoms with Gasteiger partial charge < -0.3 is 5.32 Å². The van der Waals surface area contributed by atoms with Crippen molar-refractivity contribution in [2.75, 3.05) is 6.54 Å². The van der Waals surface area contributed by atoms with Crippen LogP contribution in [-0.2, 0) is 0 Å². The molecule has 0 aromatic carbocycles. The predicted molar refractivity (Wildman–Crippen MR) is 72.9 cm³/mol. The number of rotatable bonds is 4. The summed E-state index contributed by atoms with van der Waals surface area (Å²) in [6.45, 7) is 9.24. The highest BCUT2D eigenvalue weighted by Crippen LogP contribution is 2.20. The van der Waals surface area contributed by atoms with Gasteiger partial charge in [-0.1, -0.05) is 13.0 Å². The van der Waals surface area contributed by atoms with E-state index in [0.29, 0.717) is 0 Å². The van der Waals surface area contributed by atoms with E-state index in [4.69, 9.17) is 0 Å². The number of hydrogen-bond acceptors (Lipinski definition) is 3. The maximum Gasteiger partial charge on any atom is 0.158 e. The molecule has 18 heavy (non-hydrogen) atoms. The average molecular weight is 244 g/mol. The van der Waals surface area contributed by atoms with Gasteiger partial charge in [0.15, 0.2) is 5.82 Å². The molecule has 0 saturated carbocycles. The van der Waals surface area contributed by atoms with Crippen LogP contribution in [0.4, 0.5) is 0 Å². The number of nitrogens with one attached hydrogen (secondary N) is 1. The molecule has 0 aliphatic rings. The first-order valence-electron chi connectivity index (χ1n) is 6.35. The van der Waals surface area contributed by atoms with Crippen LogP contribution in [-0.4, -0.2) is 21.3 Å². The zero-order chi connectivity index (χ0) is 13.1. The van der Waals surface area contributed by atoms with Crippen LogP contribution in [0, 0.1) is 13.8 Å². The van der Waals surface area contributed by atoms with Gasteiger partial charge in [0.1, 0.15) is 0 Å². The van der Waals surface area contributed by atoms with E-state index in [2.05, 4.69) is 48.3 Å². The first kappa shape index (κ1) is 12.8. The number of nitrogens with zero attached hydrogens (tertiary/aromatic N) is 3. The summed E-state index contributed by atoms with van der Waals surface area (Å²) in [6.07, 6.45) is 1.81. The highest BCUT2D eigenvalue weighted by atomic mass is 15.3. The van der Waals surface area contributed by atoms with Crippen LogP contribution in [0.5, 0.6) is 0 Å². The Kier molecular flexibility index (Phi) is 3.77. The van der Waals surface area contributed by atoms with E-state index in [0.717, 1.165) is 23.8 Å². The topological polar surface area (TPSA) is 42.7 Å². The van der Waals surface area contributed by atoms with Crippen LogP contribution in [0.2, 0.25) is 0 Å². The minimum absolute atomic E-state index is 0.266. The van der Waals surface area contributed by atoms with Crippen molar-refractivity contribution in [3.8, 4) is 5.82 Å². The zero-order valence-electron chi connectivity index (χ0n) is 11.4. The minimum Gasteiger partial charge on any atom is -0.310 e.